The van der Waals surface area contributed by atoms with E-state index in [0.717, 1.165) is 0 Å². The minimum atomic E-state index is -0.446. The van der Waals surface area contributed by atoms with Crippen molar-refractivity contribution in [1.29, 1.82) is 0 Å². The van der Waals surface area contributed by atoms with Gasteiger partial charge in [-0.3, -0.25) is 0 Å². The SMILES string of the molecule is [BiH3].c1ccc(P(c2ccccc2)c2ccccc2)cc1. The van der Waals surface area contributed by atoms with Crippen LogP contribution in [-0.2, 0) is 0 Å². The minimum absolute atomic E-state index is 0. The molecule has 0 radical (unpaired) electrons. The first-order valence-corrected chi connectivity index (χ1v) is 7.74. The van der Waals surface area contributed by atoms with Gasteiger partial charge in [0.1, 0.15) is 0 Å². The largest absolute Gasteiger partial charge is 0.0622 e. The second-order valence-electron chi connectivity index (χ2n) is 4.34. The second-order valence-corrected chi connectivity index (χ2v) is 6.56. The molecular weight excluding hydrogens is 456 g/mol. The maximum Gasteiger partial charge on any atom is -0.0134 e. The standard InChI is InChI=1S/C18H15P.Bi.3H/c1-4-10-16(11-5-1)19(17-12-6-2-7-13-17)18-14-8-3-9-15-18;;;;/h1-15H;;;;. The third-order valence-corrected chi connectivity index (χ3v) is 5.49. The molecule has 0 bridgehead atoms. The normalized spacial score (nSPS) is 10.1. The van der Waals surface area contributed by atoms with Crippen LogP contribution in [0.15, 0.2) is 91.0 Å². The monoisotopic (exact) mass is 474 g/mol. The molecule has 0 aromatic heterocycles. The zero-order valence-corrected chi connectivity index (χ0v) is 17.7. The summed E-state index contributed by atoms with van der Waals surface area (Å²) in [7, 11) is -0.446. The maximum absolute atomic E-state index is 2.23. The zero-order chi connectivity index (χ0) is 12.9. The van der Waals surface area contributed by atoms with Crippen LogP contribution in [0.4, 0.5) is 0 Å². The summed E-state index contributed by atoms with van der Waals surface area (Å²) in [6.45, 7) is 0. The van der Waals surface area contributed by atoms with Crippen molar-refractivity contribution in [3.63, 3.8) is 0 Å². The van der Waals surface area contributed by atoms with Gasteiger partial charge in [-0.1, -0.05) is 91.0 Å². The molecule has 0 aliphatic carbocycles. The van der Waals surface area contributed by atoms with Crippen molar-refractivity contribution in [3.05, 3.63) is 91.0 Å². The first kappa shape index (κ1) is 15.4. The van der Waals surface area contributed by atoms with Gasteiger partial charge in [-0.15, -0.1) is 0 Å². The predicted molar refractivity (Wildman–Crippen MR) is 95.1 cm³/mol. The van der Waals surface area contributed by atoms with Crippen molar-refractivity contribution in [2.75, 3.05) is 0 Å². The fourth-order valence-electron chi connectivity index (χ4n) is 2.18. The van der Waals surface area contributed by atoms with Crippen LogP contribution in [0.1, 0.15) is 0 Å². The first-order chi connectivity index (χ1) is 9.45. The molecule has 0 saturated carbocycles. The molecule has 100 valence electrons. The van der Waals surface area contributed by atoms with E-state index in [2.05, 4.69) is 91.0 Å². The molecule has 0 atom stereocenters. The smallest absolute Gasteiger partial charge is 0.0134 e. The van der Waals surface area contributed by atoms with Crippen molar-refractivity contribution >= 4 is 50.0 Å². The molecule has 0 fully saturated rings. The van der Waals surface area contributed by atoms with Gasteiger partial charge in [-0.2, -0.15) is 0 Å². The summed E-state index contributed by atoms with van der Waals surface area (Å²) in [5.41, 5.74) is 0. The average Bonchev–Trinajstić information content (AvgIpc) is 2.51. The predicted octanol–water partition coefficient (Wildman–Crippen LogP) is 2.26. The molecule has 2 heteroatoms. The van der Waals surface area contributed by atoms with Gasteiger partial charge in [0.2, 0.25) is 0 Å². The third kappa shape index (κ3) is 3.54. The van der Waals surface area contributed by atoms with Crippen molar-refractivity contribution in [3.8, 4) is 0 Å². The van der Waals surface area contributed by atoms with E-state index in [1.54, 1.807) is 0 Å². The molecule has 0 aliphatic rings. The van der Waals surface area contributed by atoms with E-state index in [1.165, 1.54) is 15.9 Å². The van der Waals surface area contributed by atoms with Gasteiger partial charge in [0.05, 0.1) is 0 Å². The van der Waals surface area contributed by atoms with E-state index in [4.69, 9.17) is 0 Å². The topological polar surface area (TPSA) is 0 Å². The van der Waals surface area contributed by atoms with E-state index in [9.17, 15) is 0 Å². The Kier molecular flexibility index (Phi) is 5.90. The summed E-state index contributed by atoms with van der Waals surface area (Å²) < 4.78 is 0. The quantitative estimate of drug-likeness (QED) is 0.404. The Morgan fingerprint density at radius 1 is 0.400 bits per heavy atom. The molecule has 0 N–H and O–H groups in total. The van der Waals surface area contributed by atoms with Gasteiger partial charge < -0.3 is 0 Å². The van der Waals surface area contributed by atoms with Gasteiger partial charge in [-0.25, -0.2) is 0 Å². The summed E-state index contributed by atoms with van der Waals surface area (Å²) >= 11 is 0. The molecule has 0 saturated heterocycles. The Bertz CT molecular complexity index is 529. The van der Waals surface area contributed by atoms with Crippen LogP contribution in [0.25, 0.3) is 0 Å². The molecule has 0 aliphatic heterocycles. The average molecular weight is 474 g/mol. The van der Waals surface area contributed by atoms with Crippen molar-refractivity contribution in [2.24, 2.45) is 0 Å². The Morgan fingerprint density at radius 3 is 0.900 bits per heavy atom. The third-order valence-electron chi connectivity index (χ3n) is 3.04. The molecular formula is C18H18BiP. The van der Waals surface area contributed by atoms with Crippen LogP contribution in [0, 0.1) is 0 Å². The van der Waals surface area contributed by atoms with Gasteiger partial charge in [0.15, 0.2) is 0 Å². The van der Waals surface area contributed by atoms with Crippen molar-refractivity contribution in [2.45, 2.75) is 0 Å². The Labute approximate surface area is 140 Å². The number of hydrogen-bond acceptors (Lipinski definition) is 0. The minimum Gasteiger partial charge on any atom is -0.0622 e. The van der Waals surface area contributed by atoms with Gasteiger partial charge in [0, 0.05) is 0 Å². The van der Waals surface area contributed by atoms with Crippen LogP contribution in [0.3, 0.4) is 0 Å². The van der Waals surface area contributed by atoms with E-state index in [-0.39, 0.29) is 26.2 Å². The molecule has 0 amide bonds. The Balaban J connectivity index is 0.00000147. The number of hydrogen-bond donors (Lipinski definition) is 0. The fraction of sp³-hybridized carbons (Fsp3) is 0. The van der Waals surface area contributed by atoms with Crippen LogP contribution < -0.4 is 15.9 Å². The molecule has 0 unspecified atom stereocenters. The van der Waals surface area contributed by atoms with E-state index in [1.807, 2.05) is 0 Å². The van der Waals surface area contributed by atoms with Crippen LogP contribution in [0.2, 0.25) is 0 Å². The van der Waals surface area contributed by atoms with Crippen molar-refractivity contribution in [1.82, 2.24) is 0 Å². The van der Waals surface area contributed by atoms with Gasteiger partial charge in [-0.05, 0) is 23.8 Å². The molecule has 0 heterocycles. The molecule has 3 aromatic carbocycles. The van der Waals surface area contributed by atoms with E-state index < -0.39 is 7.92 Å². The molecule has 3 aromatic rings. The molecule has 0 spiro atoms. The summed E-state index contributed by atoms with van der Waals surface area (Å²) in [5.74, 6) is 0. The summed E-state index contributed by atoms with van der Waals surface area (Å²) in [6, 6.07) is 32.3. The fourth-order valence-corrected chi connectivity index (χ4v) is 4.48. The zero-order valence-electron chi connectivity index (χ0n) is 11.3. The number of benzene rings is 3. The van der Waals surface area contributed by atoms with E-state index in [0.29, 0.717) is 0 Å². The summed E-state index contributed by atoms with van der Waals surface area (Å²) in [4.78, 5) is 0. The van der Waals surface area contributed by atoms with Crippen LogP contribution in [0.5, 0.6) is 0 Å². The van der Waals surface area contributed by atoms with Crippen LogP contribution in [-0.4, -0.2) is 26.2 Å². The molecule has 3 rings (SSSR count). The first-order valence-electron chi connectivity index (χ1n) is 6.40. The van der Waals surface area contributed by atoms with Crippen LogP contribution >= 0.6 is 7.92 Å². The summed E-state index contributed by atoms with van der Waals surface area (Å²) in [5, 5.41) is 4.19. The molecule has 0 nitrogen and oxygen atoms in total. The Morgan fingerprint density at radius 2 is 0.650 bits per heavy atom. The molecule has 20 heavy (non-hydrogen) atoms. The summed E-state index contributed by atoms with van der Waals surface area (Å²) in [6.07, 6.45) is 0. The van der Waals surface area contributed by atoms with Gasteiger partial charge in [0.25, 0.3) is 0 Å². The second kappa shape index (κ2) is 7.68. The van der Waals surface area contributed by atoms with Crippen molar-refractivity contribution < 1.29 is 0 Å². The van der Waals surface area contributed by atoms with E-state index >= 15 is 0 Å². The Hall–Kier alpha value is -1.03. The number of rotatable bonds is 3. The van der Waals surface area contributed by atoms with Gasteiger partial charge >= 0.3 is 26.2 Å². The maximum atomic E-state index is 2.23.